The summed E-state index contributed by atoms with van der Waals surface area (Å²) in [4.78, 5) is 13.8. The van der Waals surface area contributed by atoms with Crippen LogP contribution in [0, 0.1) is 0 Å². The molecule has 0 aliphatic heterocycles. The van der Waals surface area contributed by atoms with Gasteiger partial charge in [0.15, 0.2) is 0 Å². The van der Waals surface area contributed by atoms with Crippen LogP contribution >= 0.6 is 0 Å². The van der Waals surface area contributed by atoms with Gasteiger partial charge in [-0.15, -0.1) is 0 Å². The molecule has 0 aliphatic carbocycles. The summed E-state index contributed by atoms with van der Waals surface area (Å²) in [6.45, 7) is 0.0827. The fraction of sp³-hybridized carbons (Fsp3) is 0.417. The van der Waals surface area contributed by atoms with Gasteiger partial charge in [0.25, 0.3) is 5.91 Å². The Morgan fingerprint density at radius 1 is 1.37 bits per heavy atom. The Kier molecular flexibility index (Phi) is 4.77. The molecule has 1 amide bonds. The Hall–Kier alpha value is -1.76. The molecule has 0 radical (unpaired) electrons. The highest BCUT2D eigenvalue weighted by atomic mass is 32.2. The average Bonchev–Trinajstić information content (AvgIpc) is 2.26. The summed E-state index contributed by atoms with van der Waals surface area (Å²) in [6, 6.07) is 5.04. The minimum absolute atomic E-state index is 0.0827. The van der Waals surface area contributed by atoms with E-state index in [1.165, 1.54) is 0 Å². The van der Waals surface area contributed by atoms with Gasteiger partial charge in [-0.3, -0.25) is 4.79 Å². The van der Waals surface area contributed by atoms with Crippen molar-refractivity contribution >= 4 is 27.1 Å². The number of rotatable bonds is 5. The summed E-state index contributed by atoms with van der Waals surface area (Å²) in [5, 5.41) is 2.58. The predicted octanol–water partition coefficient (Wildman–Crippen LogP) is 0.109. The molecule has 0 aliphatic rings. The fourth-order valence-electron chi connectivity index (χ4n) is 1.57. The predicted molar refractivity (Wildman–Crippen MR) is 77.2 cm³/mol. The Balaban J connectivity index is 2.84. The third-order valence-electron chi connectivity index (χ3n) is 2.51. The first-order valence-corrected chi connectivity index (χ1v) is 7.79. The second-order valence-electron chi connectivity index (χ2n) is 4.56. The summed E-state index contributed by atoms with van der Waals surface area (Å²) in [5.41, 5.74) is 7.31. The van der Waals surface area contributed by atoms with E-state index in [9.17, 15) is 13.2 Å². The number of carbonyl (C=O) groups excluding carboxylic acids is 1. The SMILES string of the molecule is CN(C)c1ccc(N)cc1C(=O)NCCS(C)(=O)=O. The van der Waals surface area contributed by atoms with E-state index < -0.39 is 9.84 Å². The Morgan fingerprint density at radius 3 is 2.53 bits per heavy atom. The van der Waals surface area contributed by atoms with Crippen LogP contribution in [0.25, 0.3) is 0 Å². The molecule has 0 heterocycles. The number of anilines is 2. The molecule has 6 nitrogen and oxygen atoms in total. The lowest BCUT2D eigenvalue weighted by Gasteiger charge is -2.17. The number of nitrogen functional groups attached to an aromatic ring is 1. The molecule has 0 spiro atoms. The van der Waals surface area contributed by atoms with Gasteiger partial charge in [-0.05, 0) is 18.2 Å². The number of carbonyl (C=O) groups is 1. The monoisotopic (exact) mass is 285 g/mol. The van der Waals surface area contributed by atoms with Crippen LogP contribution in [0.15, 0.2) is 18.2 Å². The highest BCUT2D eigenvalue weighted by molar-refractivity contribution is 7.90. The molecule has 0 atom stereocenters. The average molecular weight is 285 g/mol. The molecule has 1 rings (SSSR count). The summed E-state index contributed by atoms with van der Waals surface area (Å²) >= 11 is 0. The molecule has 1 aromatic carbocycles. The number of amides is 1. The molecular weight excluding hydrogens is 266 g/mol. The first kappa shape index (κ1) is 15.3. The molecule has 7 heteroatoms. The van der Waals surface area contributed by atoms with Crippen LogP contribution in [0.3, 0.4) is 0 Å². The number of hydrogen-bond donors (Lipinski definition) is 2. The molecule has 106 valence electrons. The van der Waals surface area contributed by atoms with Crippen molar-refractivity contribution in [2.45, 2.75) is 0 Å². The molecular formula is C12H19N3O3S. The quantitative estimate of drug-likeness (QED) is 0.749. The van der Waals surface area contributed by atoms with Crippen LogP contribution in [-0.2, 0) is 9.84 Å². The van der Waals surface area contributed by atoms with Crippen molar-refractivity contribution in [3.63, 3.8) is 0 Å². The number of hydrogen-bond acceptors (Lipinski definition) is 5. The maximum Gasteiger partial charge on any atom is 0.253 e. The van der Waals surface area contributed by atoms with Crippen LogP contribution < -0.4 is 16.0 Å². The second-order valence-corrected chi connectivity index (χ2v) is 6.82. The van der Waals surface area contributed by atoms with Crippen LogP contribution in [-0.4, -0.2) is 47.0 Å². The van der Waals surface area contributed by atoms with E-state index in [1.54, 1.807) is 23.1 Å². The normalized spacial score (nSPS) is 11.1. The summed E-state index contributed by atoms with van der Waals surface area (Å²) in [7, 11) is 0.550. The first-order valence-electron chi connectivity index (χ1n) is 5.73. The largest absolute Gasteiger partial charge is 0.399 e. The lowest BCUT2D eigenvalue weighted by Crippen LogP contribution is -2.30. The van der Waals surface area contributed by atoms with E-state index in [-0.39, 0.29) is 18.2 Å². The molecule has 0 unspecified atom stereocenters. The number of nitrogens with zero attached hydrogens (tertiary/aromatic N) is 1. The maximum absolute atomic E-state index is 12.0. The molecule has 0 saturated carbocycles. The van der Waals surface area contributed by atoms with E-state index in [4.69, 9.17) is 5.73 Å². The van der Waals surface area contributed by atoms with Crippen LogP contribution in [0.1, 0.15) is 10.4 Å². The van der Waals surface area contributed by atoms with Crippen molar-refractivity contribution in [2.75, 3.05) is 43.3 Å². The van der Waals surface area contributed by atoms with Crippen molar-refractivity contribution < 1.29 is 13.2 Å². The second kappa shape index (κ2) is 5.92. The third kappa shape index (κ3) is 4.78. The standard InChI is InChI=1S/C12H19N3O3S/c1-15(2)11-5-4-9(13)8-10(11)12(16)14-6-7-19(3,17)18/h4-5,8H,6-7,13H2,1-3H3,(H,14,16). The lowest BCUT2D eigenvalue weighted by atomic mass is 10.1. The first-order chi connectivity index (χ1) is 8.70. The van der Waals surface area contributed by atoms with E-state index in [0.717, 1.165) is 11.9 Å². The van der Waals surface area contributed by atoms with Gasteiger partial charge in [-0.25, -0.2) is 8.42 Å². The number of nitrogens with two attached hydrogens (primary N) is 1. The zero-order valence-corrected chi connectivity index (χ0v) is 12.1. The molecule has 0 bridgehead atoms. The summed E-state index contributed by atoms with van der Waals surface area (Å²) in [5.74, 6) is -0.419. The van der Waals surface area contributed by atoms with Gasteiger partial charge in [-0.1, -0.05) is 0 Å². The highest BCUT2D eigenvalue weighted by Crippen LogP contribution is 2.21. The Labute approximate surface area is 113 Å². The molecule has 19 heavy (non-hydrogen) atoms. The van der Waals surface area contributed by atoms with E-state index in [0.29, 0.717) is 11.3 Å². The zero-order valence-electron chi connectivity index (χ0n) is 11.3. The van der Waals surface area contributed by atoms with Gasteiger partial charge in [-0.2, -0.15) is 0 Å². The summed E-state index contributed by atoms with van der Waals surface area (Å²) < 4.78 is 22.0. The van der Waals surface area contributed by atoms with Crippen LogP contribution in [0.2, 0.25) is 0 Å². The minimum atomic E-state index is -3.09. The van der Waals surface area contributed by atoms with Crippen molar-refractivity contribution in [1.29, 1.82) is 0 Å². The fourth-order valence-corrected chi connectivity index (χ4v) is 2.04. The molecule has 3 N–H and O–H groups in total. The van der Waals surface area contributed by atoms with E-state index in [2.05, 4.69) is 5.32 Å². The van der Waals surface area contributed by atoms with Crippen molar-refractivity contribution in [3.8, 4) is 0 Å². The van der Waals surface area contributed by atoms with Gasteiger partial charge in [0, 0.05) is 38.3 Å². The van der Waals surface area contributed by atoms with Crippen molar-refractivity contribution in [2.24, 2.45) is 0 Å². The Morgan fingerprint density at radius 2 is 2.00 bits per heavy atom. The topological polar surface area (TPSA) is 92.5 Å². The van der Waals surface area contributed by atoms with Gasteiger partial charge < -0.3 is 16.0 Å². The Bertz CT molecular complexity index is 568. The van der Waals surface area contributed by atoms with Crippen LogP contribution in [0.5, 0.6) is 0 Å². The smallest absolute Gasteiger partial charge is 0.253 e. The van der Waals surface area contributed by atoms with Crippen molar-refractivity contribution in [1.82, 2.24) is 5.32 Å². The molecule has 1 aromatic rings. The minimum Gasteiger partial charge on any atom is -0.399 e. The maximum atomic E-state index is 12.0. The van der Waals surface area contributed by atoms with Gasteiger partial charge in [0.1, 0.15) is 9.84 Å². The number of nitrogens with one attached hydrogen (secondary N) is 1. The molecule has 0 aromatic heterocycles. The number of sulfone groups is 1. The molecule has 0 fully saturated rings. The van der Waals surface area contributed by atoms with Gasteiger partial charge >= 0.3 is 0 Å². The van der Waals surface area contributed by atoms with Crippen molar-refractivity contribution in [3.05, 3.63) is 23.8 Å². The molecule has 0 saturated heterocycles. The van der Waals surface area contributed by atoms with Gasteiger partial charge in [0.05, 0.1) is 11.3 Å². The van der Waals surface area contributed by atoms with E-state index >= 15 is 0 Å². The number of benzene rings is 1. The zero-order chi connectivity index (χ0) is 14.6. The van der Waals surface area contributed by atoms with Gasteiger partial charge in [0.2, 0.25) is 0 Å². The lowest BCUT2D eigenvalue weighted by molar-refractivity contribution is 0.0956. The highest BCUT2D eigenvalue weighted by Gasteiger charge is 2.13. The van der Waals surface area contributed by atoms with Crippen LogP contribution in [0.4, 0.5) is 11.4 Å². The third-order valence-corrected chi connectivity index (χ3v) is 3.45. The summed E-state index contributed by atoms with van der Waals surface area (Å²) in [6.07, 6.45) is 1.13. The van der Waals surface area contributed by atoms with E-state index in [1.807, 2.05) is 14.1 Å².